The van der Waals surface area contributed by atoms with Gasteiger partial charge < -0.3 is 10.4 Å². The molecule has 0 saturated heterocycles. The van der Waals surface area contributed by atoms with Crippen LogP contribution in [0.25, 0.3) is 27.7 Å². The summed E-state index contributed by atoms with van der Waals surface area (Å²) >= 11 is 0. The average Bonchev–Trinajstić information content (AvgIpc) is 3.15. The second kappa shape index (κ2) is 8.40. The third-order valence-corrected chi connectivity index (χ3v) is 5.68. The molecule has 168 valence electrons. The Morgan fingerprint density at radius 3 is 2.62 bits per heavy atom. The molecule has 7 nitrogen and oxygen atoms in total. The molecule has 34 heavy (non-hydrogen) atoms. The van der Waals surface area contributed by atoms with Crippen LogP contribution in [0.4, 0.5) is 15.9 Å². The summed E-state index contributed by atoms with van der Waals surface area (Å²) < 4.78 is 16.7. The van der Waals surface area contributed by atoms with E-state index < -0.39 is 11.8 Å². The van der Waals surface area contributed by atoms with Crippen LogP contribution >= 0.6 is 0 Å². The highest BCUT2D eigenvalue weighted by Crippen LogP contribution is 2.38. The van der Waals surface area contributed by atoms with Gasteiger partial charge in [0, 0.05) is 11.8 Å². The van der Waals surface area contributed by atoms with Crippen molar-refractivity contribution in [3.8, 4) is 16.8 Å². The van der Waals surface area contributed by atoms with Crippen molar-refractivity contribution >= 4 is 28.4 Å². The van der Waals surface area contributed by atoms with Gasteiger partial charge in [0.1, 0.15) is 18.0 Å². The summed E-state index contributed by atoms with van der Waals surface area (Å²) in [7, 11) is 0. The number of para-hydroxylation sites is 2. The molecule has 0 atom stereocenters. The number of rotatable bonds is 5. The van der Waals surface area contributed by atoms with Crippen molar-refractivity contribution in [3.05, 3.63) is 95.8 Å². The van der Waals surface area contributed by atoms with Crippen molar-refractivity contribution in [2.24, 2.45) is 0 Å². The zero-order chi connectivity index (χ0) is 23.8. The maximum atomic E-state index is 15.0. The summed E-state index contributed by atoms with van der Waals surface area (Å²) in [6.45, 7) is 3.80. The van der Waals surface area contributed by atoms with E-state index in [0.29, 0.717) is 39.2 Å². The van der Waals surface area contributed by atoms with Crippen molar-refractivity contribution in [2.45, 2.75) is 13.8 Å². The van der Waals surface area contributed by atoms with Crippen LogP contribution in [0.3, 0.4) is 0 Å². The smallest absolute Gasteiger partial charge is 0.337 e. The van der Waals surface area contributed by atoms with Gasteiger partial charge in [-0.05, 0) is 55.3 Å². The standard InChI is InChI=1S/C26H20FN5O2/c1-15-7-3-6-10-23(15)32-25(30-21-9-5-4-8-18(21)26(33)34)24(16(2)31-32)17-11-20(27)19-13-28-14-29-22(19)12-17/h3-14,30H,1-2H3,(H,33,34). The lowest BCUT2D eigenvalue weighted by Gasteiger charge is -2.15. The van der Waals surface area contributed by atoms with Crippen molar-refractivity contribution in [2.75, 3.05) is 5.32 Å². The highest BCUT2D eigenvalue weighted by atomic mass is 19.1. The molecule has 2 heterocycles. The molecule has 5 aromatic rings. The molecular formula is C26H20FN5O2. The lowest BCUT2D eigenvalue weighted by Crippen LogP contribution is -2.08. The quantitative estimate of drug-likeness (QED) is 0.356. The Balaban J connectivity index is 1.78. The summed E-state index contributed by atoms with van der Waals surface area (Å²) in [5.41, 5.74) is 4.62. The largest absolute Gasteiger partial charge is 0.478 e. The number of anilines is 2. The number of nitrogens with one attached hydrogen (secondary N) is 1. The van der Waals surface area contributed by atoms with E-state index in [1.165, 1.54) is 24.7 Å². The van der Waals surface area contributed by atoms with E-state index in [2.05, 4.69) is 15.3 Å². The fraction of sp³-hybridized carbons (Fsp3) is 0.0769. The molecule has 5 rings (SSSR count). The highest BCUT2D eigenvalue weighted by Gasteiger charge is 2.22. The molecule has 0 fully saturated rings. The van der Waals surface area contributed by atoms with Crippen LogP contribution in [0.1, 0.15) is 21.6 Å². The molecule has 3 aromatic carbocycles. The molecule has 0 radical (unpaired) electrons. The van der Waals surface area contributed by atoms with Crippen LogP contribution in [0, 0.1) is 19.7 Å². The molecule has 0 saturated carbocycles. The Bertz CT molecular complexity index is 1560. The number of halogens is 1. The van der Waals surface area contributed by atoms with Gasteiger partial charge in [0.15, 0.2) is 0 Å². The third kappa shape index (κ3) is 3.65. The van der Waals surface area contributed by atoms with Crippen LogP contribution < -0.4 is 5.32 Å². The van der Waals surface area contributed by atoms with E-state index in [-0.39, 0.29) is 5.56 Å². The summed E-state index contributed by atoms with van der Waals surface area (Å²) in [5, 5.41) is 18.0. The Morgan fingerprint density at radius 2 is 1.82 bits per heavy atom. The van der Waals surface area contributed by atoms with Crippen LogP contribution in [-0.4, -0.2) is 30.8 Å². The summed E-state index contributed by atoms with van der Waals surface area (Å²) in [6, 6.07) is 17.6. The van der Waals surface area contributed by atoms with Crippen molar-refractivity contribution < 1.29 is 14.3 Å². The maximum Gasteiger partial charge on any atom is 0.337 e. The average molecular weight is 453 g/mol. The Labute approximate surface area is 194 Å². The minimum absolute atomic E-state index is 0.112. The molecule has 0 aliphatic rings. The van der Waals surface area contributed by atoms with Gasteiger partial charge in [-0.3, -0.25) is 0 Å². The monoisotopic (exact) mass is 453 g/mol. The number of carbonyl (C=O) groups is 1. The molecule has 0 aliphatic heterocycles. The molecule has 2 N–H and O–H groups in total. The SMILES string of the molecule is Cc1ccccc1-n1nc(C)c(-c2cc(F)c3cncnc3c2)c1Nc1ccccc1C(=O)O. The third-order valence-electron chi connectivity index (χ3n) is 5.68. The predicted octanol–water partition coefficient (Wildman–Crippen LogP) is 5.68. The number of aryl methyl sites for hydroxylation is 2. The number of carboxylic acids is 1. The first kappa shape index (κ1) is 21.3. The van der Waals surface area contributed by atoms with Gasteiger partial charge in [0.05, 0.1) is 33.5 Å². The highest BCUT2D eigenvalue weighted by molar-refractivity contribution is 5.96. The Hall–Kier alpha value is -4.59. The van der Waals surface area contributed by atoms with Crippen LogP contribution in [0.15, 0.2) is 73.2 Å². The molecule has 0 aliphatic carbocycles. The van der Waals surface area contributed by atoms with Gasteiger partial charge in [-0.2, -0.15) is 5.10 Å². The molecular weight excluding hydrogens is 433 g/mol. The van der Waals surface area contributed by atoms with Gasteiger partial charge in [-0.25, -0.2) is 23.8 Å². The van der Waals surface area contributed by atoms with Crippen molar-refractivity contribution in [3.63, 3.8) is 0 Å². The zero-order valence-corrected chi connectivity index (χ0v) is 18.5. The summed E-state index contributed by atoms with van der Waals surface area (Å²) in [6.07, 6.45) is 2.81. The maximum absolute atomic E-state index is 15.0. The van der Waals surface area contributed by atoms with E-state index in [9.17, 15) is 14.3 Å². The van der Waals surface area contributed by atoms with Crippen molar-refractivity contribution in [1.82, 2.24) is 19.7 Å². The number of aromatic nitrogens is 4. The number of carboxylic acid groups (broad SMARTS) is 1. The molecule has 8 heteroatoms. The summed E-state index contributed by atoms with van der Waals surface area (Å²) in [4.78, 5) is 20.0. The zero-order valence-electron chi connectivity index (χ0n) is 18.5. The second-order valence-electron chi connectivity index (χ2n) is 7.90. The Kier molecular flexibility index (Phi) is 5.25. The van der Waals surface area contributed by atoms with Crippen LogP contribution in [0.2, 0.25) is 0 Å². The number of hydrogen-bond acceptors (Lipinski definition) is 5. The molecule has 0 unspecified atom stereocenters. The number of hydrogen-bond donors (Lipinski definition) is 2. The molecule has 0 bridgehead atoms. The number of nitrogens with zero attached hydrogens (tertiary/aromatic N) is 4. The van der Waals surface area contributed by atoms with Crippen LogP contribution in [-0.2, 0) is 0 Å². The van der Waals surface area contributed by atoms with E-state index in [4.69, 9.17) is 5.10 Å². The first-order chi connectivity index (χ1) is 16.4. The molecule has 0 spiro atoms. The van der Waals surface area contributed by atoms with Gasteiger partial charge in [0.25, 0.3) is 0 Å². The van der Waals surface area contributed by atoms with Gasteiger partial charge in [-0.15, -0.1) is 0 Å². The number of aromatic carboxylic acids is 1. The van der Waals surface area contributed by atoms with E-state index in [0.717, 1.165) is 11.3 Å². The minimum Gasteiger partial charge on any atom is -0.478 e. The molecule has 2 aromatic heterocycles. The van der Waals surface area contributed by atoms with Gasteiger partial charge in [-0.1, -0.05) is 30.3 Å². The predicted molar refractivity (Wildman–Crippen MR) is 128 cm³/mol. The Morgan fingerprint density at radius 1 is 1.06 bits per heavy atom. The second-order valence-corrected chi connectivity index (χ2v) is 7.90. The lowest BCUT2D eigenvalue weighted by atomic mass is 10.0. The normalized spacial score (nSPS) is 11.0. The van der Waals surface area contributed by atoms with E-state index >= 15 is 0 Å². The number of fused-ring (bicyclic) bond motifs is 1. The fourth-order valence-electron chi connectivity index (χ4n) is 4.06. The first-order valence-corrected chi connectivity index (χ1v) is 10.6. The van der Waals surface area contributed by atoms with Crippen molar-refractivity contribution in [1.29, 1.82) is 0 Å². The molecule has 0 amide bonds. The van der Waals surface area contributed by atoms with E-state index in [1.807, 2.05) is 38.1 Å². The summed E-state index contributed by atoms with van der Waals surface area (Å²) in [5.74, 6) is -0.988. The fourth-order valence-corrected chi connectivity index (χ4v) is 4.06. The van der Waals surface area contributed by atoms with Gasteiger partial charge >= 0.3 is 5.97 Å². The lowest BCUT2D eigenvalue weighted by molar-refractivity contribution is 0.0698. The minimum atomic E-state index is -1.06. The van der Waals surface area contributed by atoms with E-state index in [1.54, 1.807) is 28.9 Å². The topological polar surface area (TPSA) is 92.9 Å². The van der Waals surface area contributed by atoms with Gasteiger partial charge in [0.2, 0.25) is 0 Å². The first-order valence-electron chi connectivity index (χ1n) is 10.6. The van der Waals surface area contributed by atoms with Crippen LogP contribution in [0.5, 0.6) is 0 Å². The number of benzene rings is 3.